The molecule has 1 aromatic carbocycles. The highest BCUT2D eigenvalue weighted by atomic mass is 32.2. The number of sulfonamides is 1. The number of nitrogens with one attached hydrogen (secondary N) is 1. The van der Waals surface area contributed by atoms with Gasteiger partial charge in [0.1, 0.15) is 16.4 Å². The summed E-state index contributed by atoms with van der Waals surface area (Å²) < 4.78 is 38.1. The van der Waals surface area contributed by atoms with Crippen molar-refractivity contribution in [3.05, 3.63) is 30.3 Å². The third kappa shape index (κ3) is 4.41. The molecule has 0 amide bonds. The number of nitrogens with zero attached hydrogens (tertiary/aromatic N) is 3. The molecule has 1 aliphatic rings. The van der Waals surface area contributed by atoms with Crippen LogP contribution in [0.2, 0.25) is 0 Å². The zero-order valence-electron chi connectivity index (χ0n) is 15.7. The molecule has 0 saturated carbocycles. The molecule has 1 fully saturated rings. The lowest BCUT2D eigenvalue weighted by molar-refractivity contribution is 0.386. The molecular weight excluding hydrogens is 368 g/mol. The minimum absolute atomic E-state index is 0.00142. The van der Waals surface area contributed by atoms with Crippen LogP contribution in [-0.2, 0) is 10.0 Å². The molecule has 0 spiro atoms. The summed E-state index contributed by atoms with van der Waals surface area (Å²) in [5, 5.41) is 8.21. The van der Waals surface area contributed by atoms with Gasteiger partial charge in [-0.15, -0.1) is 10.2 Å². The van der Waals surface area contributed by atoms with Crippen molar-refractivity contribution in [2.45, 2.75) is 24.7 Å². The summed E-state index contributed by atoms with van der Waals surface area (Å²) in [5.74, 6) is 2.22. The van der Waals surface area contributed by atoms with Gasteiger partial charge in [0.2, 0.25) is 0 Å². The second-order valence-corrected chi connectivity index (χ2v) is 8.24. The quantitative estimate of drug-likeness (QED) is 0.807. The molecule has 0 radical (unpaired) electrons. The highest BCUT2D eigenvalue weighted by Crippen LogP contribution is 2.29. The number of benzene rings is 1. The van der Waals surface area contributed by atoms with Crippen LogP contribution in [0, 0.1) is 5.92 Å². The second-order valence-electron chi connectivity index (χ2n) is 6.59. The van der Waals surface area contributed by atoms with E-state index in [2.05, 4.69) is 26.7 Å². The van der Waals surface area contributed by atoms with Crippen molar-refractivity contribution in [3.8, 4) is 11.5 Å². The van der Waals surface area contributed by atoms with Crippen molar-refractivity contribution < 1.29 is 17.9 Å². The van der Waals surface area contributed by atoms with Gasteiger partial charge in [-0.2, -0.15) is 0 Å². The Bertz CT molecular complexity index is 887. The third-order valence-corrected chi connectivity index (χ3v) is 5.92. The molecule has 27 heavy (non-hydrogen) atoms. The number of ether oxygens (including phenoxy) is 2. The fourth-order valence-corrected chi connectivity index (χ4v) is 4.28. The van der Waals surface area contributed by atoms with Crippen molar-refractivity contribution in [3.63, 3.8) is 0 Å². The van der Waals surface area contributed by atoms with Gasteiger partial charge in [0, 0.05) is 19.2 Å². The largest absolute Gasteiger partial charge is 0.497 e. The van der Waals surface area contributed by atoms with Crippen molar-refractivity contribution in [2.75, 3.05) is 36.9 Å². The van der Waals surface area contributed by atoms with Crippen molar-refractivity contribution in [2.24, 2.45) is 5.92 Å². The predicted octanol–water partition coefficient (Wildman–Crippen LogP) is 2.53. The van der Waals surface area contributed by atoms with Gasteiger partial charge in [-0.25, -0.2) is 8.42 Å². The maximum absolute atomic E-state index is 12.7. The zero-order valence-corrected chi connectivity index (χ0v) is 16.5. The minimum atomic E-state index is -3.87. The molecule has 1 N–H and O–H groups in total. The first kappa shape index (κ1) is 19.2. The molecule has 8 nitrogen and oxygen atoms in total. The Labute approximate surface area is 159 Å². The predicted molar refractivity (Wildman–Crippen MR) is 103 cm³/mol. The molecule has 9 heteroatoms. The summed E-state index contributed by atoms with van der Waals surface area (Å²) in [6.45, 7) is 4.08. The lowest BCUT2D eigenvalue weighted by atomic mass is 10.0. The molecular formula is C18H24N4O4S. The van der Waals surface area contributed by atoms with Gasteiger partial charge in [-0.1, -0.05) is 6.92 Å². The van der Waals surface area contributed by atoms with Crippen LogP contribution in [-0.4, -0.2) is 45.9 Å². The Hall–Kier alpha value is -2.55. The summed E-state index contributed by atoms with van der Waals surface area (Å²) in [7, 11) is -0.968. The highest BCUT2D eigenvalue weighted by molar-refractivity contribution is 7.92. The molecule has 1 aliphatic heterocycles. The van der Waals surface area contributed by atoms with Crippen LogP contribution in [0.15, 0.2) is 35.2 Å². The highest BCUT2D eigenvalue weighted by Gasteiger charge is 2.22. The van der Waals surface area contributed by atoms with Gasteiger partial charge in [0.05, 0.1) is 14.2 Å². The molecule has 146 valence electrons. The Morgan fingerprint density at radius 3 is 2.59 bits per heavy atom. The molecule has 1 saturated heterocycles. The van der Waals surface area contributed by atoms with Gasteiger partial charge in [0.15, 0.2) is 11.6 Å². The second kappa shape index (κ2) is 7.99. The molecule has 1 atom stereocenters. The SMILES string of the molecule is COc1ccc(S(=O)(=O)Nc2ccc(N3CCCC(C)C3)nn2)c(OC)c1. The molecule has 1 aromatic heterocycles. The van der Waals surface area contributed by atoms with E-state index < -0.39 is 10.0 Å². The molecule has 0 bridgehead atoms. The smallest absolute Gasteiger partial charge is 0.266 e. The van der Waals surface area contributed by atoms with Gasteiger partial charge in [0.25, 0.3) is 10.0 Å². The maximum Gasteiger partial charge on any atom is 0.266 e. The Morgan fingerprint density at radius 2 is 1.96 bits per heavy atom. The first-order chi connectivity index (χ1) is 12.9. The average molecular weight is 392 g/mol. The van der Waals surface area contributed by atoms with Gasteiger partial charge in [-0.05, 0) is 43.0 Å². The summed E-state index contributed by atoms with van der Waals surface area (Å²) in [6, 6.07) is 7.91. The fourth-order valence-electron chi connectivity index (χ4n) is 3.14. The molecule has 1 unspecified atom stereocenters. The number of anilines is 2. The third-order valence-electron chi connectivity index (χ3n) is 4.53. The van der Waals surface area contributed by atoms with E-state index in [0.717, 1.165) is 25.3 Å². The number of aromatic nitrogens is 2. The molecule has 3 rings (SSSR count). The lowest BCUT2D eigenvalue weighted by Crippen LogP contribution is -2.34. The Kier molecular flexibility index (Phi) is 5.69. The van der Waals surface area contributed by atoms with Crippen LogP contribution in [0.4, 0.5) is 11.6 Å². The van der Waals surface area contributed by atoms with Crippen LogP contribution < -0.4 is 19.1 Å². The van der Waals surface area contributed by atoms with Crippen molar-refractivity contribution in [1.29, 1.82) is 0 Å². The van der Waals surface area contributed by atoms with Gasteiger partial charge >= 0.3 is 0 Å². The van der Waals surface area contributed by atoms with Crippen molar-refractivity contribution >= 4 is 21.7 Å². The monoisotopic (exact) mass is 392 g/mol. The van der Waals surface area contributed by atoms with Crippen LogP contribution >= 0.6 is 0 Å². The first-order valence-corrected chi connectivity index (χ1v) is 10.2. The number of hydrogen-bond donors (Lipinski definition) is 1. The van der Waals surface area contributed by atoms with Crippen LogP contribution in [0.1, 0.15) is 19.8 Å². The van der Waals surface area contributed by atoms with E-state index in [0.29, 0.717) is 11.7 Å². The van der Waals surface area contributed by atoms with E-state index in [4.69, 9.17) is 9.47 Å². The standard InChI is InChI=1S/C18H24N4O4S/c1-13-5-4-10-22(12-13)18-9-8-17(19-20-18)21-27(23,24)16-7-6-14(25-2)11-15(16)26-3/h6-9,11,13H,4-5,10,12H2,1-3H3,(H,19,21). The maximum atomic E-state index is 12.7. The summed E-state index contributed by atoms with van der Waals surface area (Å²) in [5.41, 5.74) is 0. The van der Waals surface area contributed by atoms with E-state index in [1.807, 2.05) is 0 Å². The normalized spacial score (nSPS) is 17.4. The summed E-state index contributed by atoms with van der Waals surface area (Å²) >= 11 is 0. The van der Waals surface area contributed by atoms with E-state index >= 15 is 0 Å². The Morgan fingerprint density at radius 1 is 1.15 bits per heavy atom. The number of methoxy groups -OCH3 is 2. The topological polar surface area (TPSA) is 93.7 Å². The Balaban J connectivity index is 1.78. The summed E-state index contributed by atoms with van der Waals surface area (Å²) in [6.07, 6.45) is 2.33. The van der Waals surface area contributed by atoms with E-state index in [-0.39, 0.29) is 16.5 Å². The molecule has 2 aromatic rings. The molecule has 2 heterocycles. The fraction of sp³-hybridized carbons (Fsp3) is 0.444. The lowest BCUT2D eigenvalue weighted by Gasteiger charge is -2.31. The zero-order chi connectivity index (χ0) is 19.4. The number of hydrogen-bond acceptors (Lipinski definition) is 7. The van der Waals surface area contributed by atoms with E-state index in [1.165, 1.54) is 32.8 Å². The van der Waals surface area contributed by atoms with Crippen LogP contribution in [0.25, 0.3) is 0 Å². The average Bonchev–Trinajstić information content (AvgIpc) is 2.67. The van der Waals surface area contributed by atoms with Gasteiger partial charge in [-0.3, -0.25) is 4.72 Å². The summed E-state index contributed by atoms with van der Waals surface area (Å²) in [4.78, 5) is 2.17. The molecule has 0 aliphatic carbocycles. The van der Waals surface area contributed by atoms with Crippen LogP contribution in [0.3, 0.4) is 0 Å². The van der Waals surface area contributed by atoms with Crippen molar-refractivity contribution in [1.82, 2.24) is 10.2 Å². The van der Waals surface area contributed by atoms with Gasteiger partial charge < -0.3 is 14.4 Å². The van der Waals surface area contributed by atoms with E-state index in [1.54, 1.807) is 18.2 Å². The first-order valence-electron chi connectivity index (χ1n) is 8.76. The van der Waals surface area contributed by atoms with E-state index in [9.17, 15) is 8.42 Å². The van der Waals surface area contributed by atoms with Crippen LogP contribution in [0.5, 0.6) is 11.5 Å². The number of piperidine rings is 1. The number of rotatable bonds is 6. The minimum Gasteiger partial charge on any atom is -0.497 e.